The molecule has 0 aliphatic carbocycles. The fraction of sp³-hybridized carbons (Fsp3) is 0.462. The summed E-state index contributed by atoms with van der Waals surface area (Å²) in [5.41, 5.74) is 1.23. The number of carboxylic acids is 1. The molecule has 0 bridgehead atoms. The smallest absolute Gasteiger partial charge is 0.320 e. The second-order valence-electron chi connectivity index (χ2n) is 3.90. The molecule has 4 heteroatoms. The van der Waals surface area contributed by atoms with Gasteiger partial charge in [0.1, 0.15) is 6.04 Å². The number of aryl methyl sites for hydroxylation is 1. The Bertz CT molecular complexity index is 368. The summed E-state index contributed by atoms with van der Waals surface area (Å²) >= 11 is 1.70. The van der Waals surface area contributed by atoms with Crippen LogP contribution in [0.15, 0.2) is 29.2 Å². The molecule has 1 rings (SSSR count). The van der Waals surface area contributed by atoms with Crippen molar-refractivity contribution in [2.24, 2.45) is 0 Å². The van der Waals surface area contributed by atoms with E-state index in [0.717, 1.165) is 5.75 Å². The van der Waals surface area contributed by atoms with Gasteiger partial charge in [-0.3, -0.25) is 4.79 Å². The van der Waals surface area contributed by atoms with E-state index in [9.17, 15) is 4.79 Å². The monoisotopic (exact) mass is 253 g/mol. The van der Waals surface area contributed by atoms with Crippen LogP contribution in [0.1, 0.15) is 18.9 Å². The molecule has 0 amide bonds. The van der Waals surface area contributed by atoms with E-state index >= 15 is 0 Å². The number of hydrogen-bond acceptors (Lipinski definition) is 3. The summed E-state index contributed by atoms with van der Waals surface area (Å²) < 4.78 is 0. The van der Waals surface area contributed by atoms with Gasteiger partial charge in [-0.15, -0.1) is 11.8 Å². The maximum atomic E-state index is 10.9. The van der Waals surface area contributed by atoms with Crippen LogP contribution in [0.4, 0.5) is 0 Å². The number of thioether (sulfide) groups is 1. The van der Waals surface area contributed by atoms with Crippen LogP contribution in [0.3, 0.4) is 0 Å². The molecule has 2 N–H and O–H groups in total. The molecule has 1 atom stereocenters. The highest BCUT2D eigenvalue weighted by molar-refractivity contribution is 7.99. The second-order valence-corrected chi connectivity index (χ2v) is 5.07. The Morgan fingerprint density at radius 1 is 1.53 bits per heavy atom. The molecule has 0 aromatic heterocycles. The van der Waals surface area contributed by atoms with Gasteiger partial charge in [0, 0.05) is 10.6 Å². The predicted octanol–water partition coefficient (Wildman–Crippen LogP) is 2.54. The Labute approximate surface area is 107 Å². The third kappa shape index (κ3) is 5.24. The van der Waals surface area contributed by atoms with E-state index in [1.807, 2.05) is 13.0 Å². The first-order valence-electron chi connectivity index (χ1n) is 5.79. The zero-order valence-corrected chi connectivity index (χ0v) is 11.1. The maximum absolute atomic E-state index is 10.9. The fourth-order valence-electron chi connectivity index (χ4n) is 1.56. The van der Waals surface area contributed by atoms with Crippen molar-refractivity contribution in [3.05, 3.63) is 29.8 Å². The minimum atomic E-state index is -0.767. The molecule has 3 nitrogen and oxygen atoms in total. The van der Waals surface area contributed by atoms with Crippen LogP contribution in [0, 0.1) is 6.92 Å². The lowest BCUT2D eigenvalue weighted by Gasteiger charge is -2.12. The molecule has 0 aliphatic rings. The topological polar surface area (TPSA) is 49.3 Å². The quantitative estimate of drug-likeness (QED) is 0.733. The van der Waals surface area contributed by atoms with Crippen LogP contribution >= 0.6 is 11.8 Å². The average molecular weight is 253 g/mol. The summed E-state index contributed by atoms with van der Waals surface area (Å²) in [4.78, 5) is 12.1. The van der Waals surface area contributed by atoms with Crippen molar-refractivity contribution >= 4 is 17.7 Å². The SMILES string of the molecule is CCNC(CCSc1cccc(C)c1)C(=O)O. The lowest BCUT2D eigenvalue weighted by Crippen LogP contribution is -2.36. The van der Waals surface area contributed by atoms with Gasteiger partial charge >= 0.3 is 5.97 Å². The molecule has 0 radical (unpaired) electrons. The van der Waals surface area contributed by atoms with E-state index < -0.39 is 12.0 Å². The highest BCUT2D eigenvalue weighted by Gasteiger charge is 2.14. The highest BCUT2D eigenvalue weighted by atomic mass is 32.2. The lowest BCUT2D eigenvalue weighted by molar-refractivity contribution is -0.139. The second kappa shape index (κ2) is 7.35. The summed E-state index contributed by atoms with van der Waals surface area (Å²) in [5.74, 6) is 0.0460. The van der Waals surface area contributed by atoms with Crippen molar-refractivity contribution in [1.29, 1.82) is 0 Å². The number of carboxylic acid groups (broad SMARTS) is 1. The van der Waals surface area contributed by atoms with Crippen LogP contribution in [0.5, 0.6) is 0 Å². The van der Waals surface area contributed by atoms with Crippen LogP contribution in [0.2, 0.25) is 0 Å². The van der Waals surface area contributed by atoms with Gasteiger partial charge in [-0.25, -0.2) is 0 Å². The first-order chi connectivity index (χ1) is 8.13. The van der Waals surface area contributed by atoms with Crippen molar-refractivity contribution < 1.29 is 9.90 Å². The van der Waals surface area contributed by atoms with Crippen molar-refractivity contribution in [1.82, 2.24) is 5.32 Å². The molecular formula is C13H19NO2S. The summed E-state index contributed by atoms with van der Waals surface area (Å²) in [6.45, 7) is 4.67. The molecule has 94 valence electrons. The molecule has 0 spiro atoms. The van der Waals surface area contributed by atoms with Gasteiger partial charge in [-0.05, 0) is 32.0 Å². The third-order valence-corrected chi connectivity index (χ3v) is 3.44. The Kier molecular flexibility index (Phi) is 6.08. The number of likely N-dealkylation sites (N-methyl/N-ethyl adjacent to an activating group) is 1. The van der Waals surface area contributed by atoms with Crippen molar-refractivity contribution in [3.63, 3.8) is 0 Å². The first-order valence-corrected chi connectivity index (χ1v) is 6.77. The number of rotatable bonds is 7. The third-order valence-electron chi connectivity index (χ3n) is 2.41. The summed E-state index contributed by atoms with van der Waals surface area (Å²) in [6, 6.07) is 7.82. The summed E-state index contributed by atoms with van der Waals surface area (Å²) in [6.07, 6.45) is 0.641. The summed E-state index contributed by atoms with van der Waals surface area (Å²) in [7, 11) is 0. The maximum Gasteiger partial charge on any atom is 0.320 e. The zero-order valence-electron chi connectivity index (χ0n) is 10.3. The van der Waals surface area contributed by atoms with Gasteiger partial charge in [0.2, 0.25) is 0 Å². The zero-order chi connectivity index (χ0) is 12.7. The molecule has 1 aromatic rings. The number of carbonyl (C=O) groups is 1. The van der Waals surface area contributed by atoms with Crippen LogP contribution in [-0.4, -0.2) is 29.4 Å². The standard InChI is InChI=1S/C13H19NO2S/c1-3-14-12(13(15)16)7-8-17-11-6-4-5-10(2)9-11/h4-6,9,12,14H,3,7-8H2,1-2H3,(H,15,16). The fourth-order valence-corrected chi connectivity index (χ4v) is 2.59. The molecular weight excluding hydrogens is 234 g/mol. The Balaban J connectivity index is 2.38. The lowest BCUT2D eigenvalue weighted by atomic mass is 10.2. The van der Waals surface area contributed by atoms with E-state index in [1.165, 1.54) is 10.5 Å². The molecule has 0 saturated carbocycles. The minimum absolute atomic E-state index is 0.433. The van der Waals surface area contributed by atoms with Crippen molar-refractivity contribution in [2.75, 3.05) is 12.3 Å². The molecule has 0 fully saturated rings. The molecule has 17 heavy (non-hydrogen) atoms. The number of nitrogens with one attached hydrogen (secondary N) is 1. The Morgan fingerprint density at radius 2 is 2.29 bits per heavy atom. The first kappa shape index (κ1) is 14.1. The highest BCUT2D eigenvalue weighted by Crippen LogP contribution is 2.20. The predicted molar refractivity (Wildman–Crippen MR) is 71.6 cm³/mol. The van der Waals surface area contributed by atoms with Crippen molar-refractivity contribution in [3.8, 4) is 0 Å². The van der Waals surface area contributed by atoms with Gasteiger partial charge in [0.05, 0.1) is 0 Å². The van der Waals surface area contributed by atoms with Gasteiger partial charge < -0.3 is 10.4 Å². The molecule has 1 aromatic carbocycles. The van der Waals surface area contributed by atoms with E-state index in [-0.39, 0.29) is 0 Å². The van der Waals surface area contributed by atoms with Crippen molar-refractivity contribution in [2.45, 2.75) is 31.2 Å². The van der Waals surface area contributed by atoms with Gasteiger partial charge in [0.25, 0.3) is 0 Å². The van der Waals surface area contributed by atoms with E-state index in [4.69, 9.17) is 5.11 Å². The van der Waals surface area contributed by atoms with E-state index in [1.54, 1.807) is 11.8 Å². The molecule has 0 saturated heterocycles. The minimum Gasteiger partial charge on any atom is -0.480 e. The largest absolute Gasteiger partial charge is 0.480 e. The Hall–Kier alpha value is -1.00. The number of hydrogen-bond donors (Lipinski definition) is 2. The Morgan fingerprint density at radius 3 is 2.88 bits per heavy atom. The van der Waals surface area contributed by atoms with E-state index in [2.05, 4.69) is 30.4 Å². The van der Waals surface area contributed by atoms with Crippen LogP contribution < -0.4 is 5.32 Å². The van der Waals surface area contributed by atoms with E-state index in [0.29, 0.717) is 13.0 Å². The number of aliphatic carboxylic acids is 1. The van der Waals surface area contributed by atoms with Gasteiger partial charge in [-0.1, -0.05) is 24.6 Å². The van der Waals surface area contributed by atoms with Crippen LogP contribution in [0.25, 0.3) is 0 Å². The van der Waals surface area contributed by atoms with Gasteiger partial charge in [0.15, 0.2) is 0 Å². The summed E-state index contributed by atoms with van der Waals surface area (Å²) in [5, 5.41) is 11.9. The number of benzene rings is 1. The molecule has 0 heterocycles. The molecule has 0 aliphatic heterocycles. The van der Waals surface area contributed by atoms with Crippen LogP contribution in [-0.2, 0) is 4.79 Å². The molecule has 1 unspecified atom stereocenters. The normalized spacial score (nSPS) is 12.4. The average Bonchev–Trinajstić information content (AvgIpc) is 2.28. The van der Waals surface area contributed by atoms with Gasteiger partial charge in [-0.2, -0.15) is 0 Å².